The Morgan fingerprint density at radius 3 is 2.47 bits per heavy atom. The van der Waals surface area contributed by atoms with Crippen molar-refractivity contribution in [3.8, 4) is 0 Å². The van der Waals surface area contributed by atoms with Crippen LogP contribution >= 0.6 is 31.9 Å². The van der Waals surface area contributed by atoms with Crippen molar-refractivity contribution >= 4 is 48.5 Å². The molecule has 0 atom stereocenters. The molecule has 3 N–H and O–H groups in total. The number of nitrogens with two attached hydrogens (primary N) is 1. The van der Waals surface area contributed by atoms with Crippen LogP contribution in [-0.4, -0.2) is 4.98 Å². The zero-order chi connectivity index (χ0) is 12.6. The number of anilines is 1. The number of pyridine rings is 1. The molecule has 90 valence electrons. The summed E-state index contributed by atoms with van der Waals surface area (Å²) in [5.74, 6) is 5.35. The maximum Gasteiger partial charge on any atom is 0.280 e. The van der Waals surface area contributed by atoms with Crippen molar-refractivity contribution in [1.82, 2.24) is 4.98 Å². The normalized spacial score (nSPS) is 11.2. The molecule has 0 fully saturated rings. The smallest absolute Gasteiger partial charge is 0.280 e. The zero-order valence-electron chi connectivity index (χ0n) is 8.35. The molecule has 1 aromatic heterocycles. The summed E-state index contributed by atoms with van der Waals surface area (Å²) < 4.78 is 26.7. The minimum Gasteiger partial charge on any atom is -0.323 e. The first-order chi connectivity index (χ1) is 8.04. The fourth-order valence-electron chi connectivity index (χ4n) is 1.51. The Balaban J connectivity index is 2.87. The van der Waals surface area contributed by atoms with Gasteiger partial charge in [-0.3, -0.25) is 5.84 Å². The number of benzene rings is 1. The van der Waals surface area contributed by atoms with Crippen LogP contribution in [0, 0.1) is 0 Å². The summed E-state index contributed by atoms with van der Waals surface area (Å²) in [5.41, 5.74) is 2.93. The zero-order valence-corrected chi connectivity index (χ0v) is 11.5. The van der Waals surface area contributed by atoms with E-state index < -0.39 is 6.43 Å². The van der Waals surface area contributed by atoms with Crippen molar-refractivity contribution in [1.29, 1.82) is 0 Å². The third-order valence-corrected chi connectivity index (χ3v) is 3.56. The summed E-state index contributed by atoms with van der Waals surface area (Å²) in [4.78, 5) is 3.92. The van der Waals surface area contributed by atoms with E-state index in [1.54, 1.807) is 12.1 Å². The Labute approximate surface area is 113 Å². The molecule has 17 heavy (non-hydrogen) atoms. The summed E-state index contributed by atoms with van der Waals surface area (Å²) in [7, 11) is 0. The molecule has 0 saturated carbocycles. The molecule has 1 heterocycles. The Kier molecular flexibility index (Phi) is 3.60. The van der Waals surface area contributed by atoms with Crippen molar-refractivity contribution in [2.24, 2.45) is 5.84 Å². The summed E-state index contributed by atoms with van der Waals surface area (Å²) in [5, 5.41) is 0.659. The molecule has 0 aliphatic carbocycles. The molecule has 0 bridgehead atoms. The van der Waals surface area contributed by atoms with Gasteiger partial charge in [0.2, 0.25) is 0 Å². The molecule has 0 aliphatic rings. The Hall–Kier alpha value is -0.790. The number of fused-ring (bicyclic) bond motifs is 1. The molecule has 0 saturated heterocycles. The molecule has 1 aromatic carbocycles. The number of halogens is 4. The van der Waals surface area contributed by atoms with Crippen molar-refractivity contribution in [2.45, 2.75) is 6.43 Å². The third kappa shape index (κ3) is 2.27. The quantitative estimate of drug-likeness (QED) is 0.624. The molecule has 7 heteroatoms. The van der Waals surface area contributed by atoms with Gasteiger partial charge < -0.3 is 5.43 Å². The number of hydrazine groups is 1. The average molecular weight is 367 g/mol. The number of aromatic nitrogens is 1. The number of rotatable bonds is 2. The van der Waals surface area contributed by atoms with Crippen LogP contribution in [0.3, 0.4) is 0 Å². The lowest BCUT2D eigenvalue weighted by Crippen LogP contribution is -2.09. The van der Waals surface area contributed by atoms with E-state index in [0.717, 1.165) is 4.47 Å². The maximum absolute atomic E-state index is 12.7. The molecule has 0 spiro atoms. The van der Waals surface area contributed by atoms with E-state index in [1.165, 1.54) is 6.07 Å². The first-order valence-corrected chi connectivity index (χ1v) is 6.16. The molecule has 0 unspecified atom stereocenters. The lowest BCUT2D eigenvalue weighted by atomic mass is 10.1. The molecule has 0 amide bonds. The van der Waals surface area contributed by atoms with Gasteiger partial charge in [-0.15, -0.1) is 0 Å². The van der Waals surface area contributed by atoms with Crippen LogP contribution in [0.5, 0.6) is 0 Å². The monoisotopic (exact) mass is 365 g/mol. The largest absolute Gasteiger partial charge is 0.323 e. The van der Waals surface area contributed by atoms with Gasteiger partial charge in [0.1, 0.15) is 5.69 Å². The minimum atomic E-state index is -2.64. The van der Waals surface area contributed by atoms with E-state index in [1.807, 2.05) is 0 Å². The Bertz CT molecular complexity index is 575. The minimum absolute atomic E-state index is 0.316. The van der Waals surface area contributed by atoms with Crippen LogP contribution in [0.15, 0.2) is 27.1 Å². The van der Waals surface area contributed by atoms with Crippen molar-refractivity contribution in [3.63, 3.8) is 0 Å². The van der Waals surface area contributed by atoms with Gasteiger partial charge in [-0.25, -0.2) is 13.8 Å². The number of nitrogen functional groups attached to an aromatic ring is 1. The van der Waals surface area contributed by atoms with Gasteiger partial charge in [0.05, 0.1) is 11.2 Å². The highest BCUT2D eigenvalue weighted by molar-refractivity contribution is 9.11. The van der Waals surface area contributed by atoms with Crippen LogP contribution in [-0.2, 0) is 0 Å². The number of hydrogen-bond donors (Lipinski definition) is 2. The van der Waals surface area contributed by atoms with Crippen LogP contribution in [0.25, 0.3) is 10.9 Å². The summed E-state index contributed by atoms with van der Waals surface area (Å²) in [6.45, 7) is 0. The Morgan fingerprint density at radius 2 is 1.88 bits per heavy atom. The number of nitrogens with one attached hydrogen (secondary N) is 1. The SMILES string of the molecule is NNc1cc(C(F)F)nc2c(Br)ccc(Br)c12. The molecular weight excluding hydrogens is 360 g/mol. The van der Waals surface area contributed by atoms with Gasteiger partial charge in [-0.2, -0.15) is 0 Å². The van der Waals surface area contributed by atoms with E-state index in [2.05, 4.69) is 42.3 Å². The molecule has 2 aromatic rings. The maximum atomic E-state index is 12.7. The number of alkyl halides is 2. The predicted octanol–water partition coefficient (Wildman–Crippen LogP) is 3.98. The highest BCUT2D eigenvalue weighted by atomic mass is 79.9. The van der Waals surface area contributed by atoms with Gasteiger partial charge in [0.25, 0.3) is 6.43 Å². The van der Waals surface area contributed by atoms with Gasteiger partial charge >= 0.3 is 0 Å². The molecule has 3 nitrogen and oxygen atoms in total. The molecule has 2 rings (SSSR count). The van der Waals surface area contributed by atoms with E-state index in [4.69, 9.17) is 5.84 Å². The lowest BCUT2D eigenvalue weighted by Gasteiger charge is -2.11. The summed E-state index contributed by atoms with van der Waals surface area (Å²) >= 11 is 6.62. The third-order valence-electron chi connectivity index (χ3n) is 2.26. The van der Waals surface area contributed by atoms with Gasteiger partial charge in [0, 0.05) is 14.3 Å². The first kappa shape index (κ1) is 12.7. The summed E-state index contributed by atoms with van der Waals surface area (Å²) in [6.07, 6.45) is -2.64. The number of hydrogen-bond acceptors (Lipinski definition) is 3. The Morgan fingerprint density at radius 1 is 1.24 bits per heavy atom. The highest BCUT2D eigenvalue weighted by Crippen LogP contribution is 2.36. The second-order valence-electron chi connectivity index (χ2n) is 3.29. The standard InChI is InChI=1S/C10H7Br2F2N3/c11-4-1-2-5(12)9-8(4)6(17-15)3-7(16-9)10(13)14/h1-3,10H,15H2,(H,16,17). The number of nitrogens with zero attached hydrogens (tertiary/aromatic N) is 1. The second kappa shape index (κ2) is 4.83. The van der Waals surface area contributed by atoms with Gasteiger partial charge in [-0.1, -0.05) is 15.9 Å². The van der Waals surface area contributed by atoms with Crippen LogP contribution in [0.4, 0.5) is 14.5 Å². The van der Waals surface area contributed by atoms with Crippen molar-refractivity contribution < 1.29 is 8.78 Å². The van der Waals surface area contributed by atoms with Crippen LogP contribution in [0.2, 0.25) is 0 Å². The van der Waals surface area contributed by atoms with E-state index in [9.17, 15) is 8.78 Å². The molecular formula is C10H7Br2F2N3. The average Bonchev–Trinajstić information content (AvgIpc) is 2.32. The fraction of sp³-hybridized carbons (Fsp3) is 0.100. The van der Waals surface area contributed by atoms with Crippen molar-refractivity contribution in [3.05, 3.63) is 32.8 Å². The second-order valence-corrected chi connectivity index (χ2v) is 5.00. The van der Waals surface area contributed by atoms with E-state index >= 15 is 0 Å². The lowest BCUT2D eigenvalue weighted by molar-refractivity contribution is 0.146. The molecule has 0 aliphatic heterocycles. The van der Waals surface area contributed by atoms with E-state index in [0.29, 0.717) is 21.1 Å². The van der Waals surface area contributed by atoms with Crippen molar-refractivity contribution in [2.75, 3.05) is 5.43 Å². The first-order valence-electron chi connectivity index (χ1n) is 4.58. The van der Waals surface area contributed by atoms with Crippen LogP contribution < -0.4 is 11.3 Å². The molecule has 0 radical (unpaired) electrons. The van der Waals surface area contributed by atoms with Crippen LogP contribution in [0.1, 0.15) is 12.1 Å². The van der Waals surface area contributed by atoms with Gasteiger partial charge in [-0.05, 0) is 34.1 Å². The highest BCUT2D eigenvalue weighted by Gasteiger charge is 2.16. The van der Waals surface area contributed by atoms with Gasteiger partial charge in [0.15, 0.2) is 0 Å². The van der Waals surface area contributed by atoms with E-state index in [-0.39, 0.29) is 5.69 Å². The fourth-order valence-corrected chi connectivity index (χ4v) is 2.47. The summed E-state index contributed by atoms with van der Waals surface area (Å²) in [6, 6.07) is 4.76. The predicted molar refractivity (Wildman–Crippen MR) is 69.9 cm³/mol. The topological polar surface area (TPSA) is 50.9 Å².